The minimum atomic E-state index is 0.302. The summed E-state index contributed by atoms with van der Waals surface area (Å²) in [6.07, 6.45) is 1.00. The number of benzene rings is 2. The summed E-state index contributed by atoms with van der Waals surface area (Å²) in [5.41, 5.74) is 1.20. The van der Waals surface area contributed by atoms with Crippen LogP contribution in [0.4, 0.5) is 5.88 Å². The van der Waals surface area contributed by atoms with E-state index in [0.29, 0.717) is 17.5 Å². The van der Waals surface area contributed by atoms with E-state index in [2.05, 4.69) is 28.5 Å². The summed E-state index contributed by atoms with van der Waals surface area (Å²) in [7, 11) is 0. The maximum absolute atomic E-state index is 9.42. The lowest BCUT2D eigenvalue weighted by atomic mass is 10.0. The molecule has 1 aliphatic rings. The average Bonchev–Trinajstić information content (AvgIpc) is 3.14. The Morgan fingerprint density at radius 1 is 1.11 bits per heavy atom. The number of nitrogens with zero attached hydrogens (tertiary/aromatic N) is 2. The predicted octanol–water partition coefficient (Wildman–Crippen LogP) is 2.08. The molecular weight excluding hydrogens is 340 g/mol. The minimum Gasteiger partial charge on any atom is -0.419 e. The fraction of sp³-hybridized carbons (Fsp3) is 0.333. The molecule has 0 saturated carbocycles. The zero-order valence-corrected chi connectivity index (χ0v) is 15.2. The van der Waals surface area contributed by atoms with Crippen molar-refractivity contribution in [1.29, 1.82) is 5.26 Å². The van der Waals surface area contributed by atoms with Gasteiger partial charge in [-0.15, -0.1) is 0 Å². The Morgan fingerprint density at radius 2 is 1.93 bits per heavy atom. The lowest BCUT2D eigenvalue weighted by Crippen LogP contribution is -3.14. The highest BCUT2D eigenvalue weighted by Crippen LogP contribution is 2.31. The van der Waals surface area contributed by atoms with Crippen molar-refractivity contribution in [3.8, 4) is 17.5 Å². The number of aromatic nitrogens is 1. The molecule has 2 aromatic carbocycles. The van der Waals surface area contributed by atoms with Crippen LogP contribution in [0.15, 0.2) is 46.9 Å². The first kappa shape index (κ1) is 17.5. The topological polar surface area (TPSA) is 75.5 Å². The number of nitriles is 1. The molecule has 0 radical (unpaired) electrons. The van der Waals surface area contributed by atoms with E-state index in [-0.39, 0.29) is 0 Å². The van der Waals surface area contributed by atoms with Crippen molar-refractivity contribution in [2.45, 2.75) is 6.42 Å². The molecule has 4 rings (SSSR count). The Labute approximate surface area is 158 Å². The van der Waals surface area contributed by atoms with E-state index in [9.17, 15) is 5.26 Å². The summed E-state index contributed by atoms with van der Waals surface area (Å²) in [4.78, 5) is 5.97. The van der Waals surface area contributed by atoms with Crippen LogP contribution in [0.2, 0.25) is 0 Å². The van der Waals surface area contributed by atoms with E-state index in [1.165, 1.54) is 0 Å². The SMILES string of the molecule is N#Cc1nc(-c2cccc3ccccc23)oc1NCCC[NH+]1CCOCC1. The summed E-state index contributed by atoms with van der Waals surface area (Å²) in [5.74, 6) is 0.932. The van der Waals surface area contributed by atoms with E-state index < -0.39 is 0 Å². The lowest BCUT2D eigenvalue weighted by molar-refractivity contribution is -0.908. The first-order valence-corrected chi connectivity index (χ1v) is 9.39. The predicted molar refractivity (Wildman–Crippen MR) is 104 cm³/mol. The van der Waals surface area contributed by atoms with Gasteiger partial charge in [0.15, 0.2) is 0 Å². The number of oxazole rings is 1. The van der Waals surface area contributed by atoms with Crippen LogP contribution in [-0.4, -0.2) is 44.4 Å². The van der Waals surface area contributed by atoms with Gasteiger partial charge in [-0.05, 0) is 16.8 Å². The second-order valence-electron chi connectivity index (χ2n) is 6.73. The number of nitrogens with one attached hydrogen (secondary N) is 2. The summed E-state index contributed by atoms with van der Waals surface area (Å²) < 4.78 is 11.3. The van der Waals surface area contributed by atoms with Gasteiger partial charge in [0.05, 0.1) is 19.8 Å². The second-order valence-corrected chi connectivity index (χ2v) is 6.73. The van der Waals surface area contributed by atoms with Crippen molar-refractivity contribution in [2.75, 3.05) is 44.7 Å². The molecule has 1 saturated heterocycles. The van der Waals surface area contributed by atoms with Crippen LogP contribution in [-0.2, 0) is 4.74 Å². The Bertz CT molecular complexity index is 949. The zero-order chi connectivity index (χ0) is 18.5. The molecule has 2 N–H and O–H groups in total. The van der Waals surface area contributed by atoms with Crippen molar-refractivity contribution >= 4 is 16.7 Å². The molecule has 6 nitrogen and oxygen atoms in total. The van der Waals surface area contributed by atoms with Gasteiger partial charge in [0.2, 0.25) is 17.5 Å². The molecule has 0 spiro atoms. The number of fused-ring (bicyclic) bond motifs is 1. The molecule has 1 aromatic heterocycles. The Balaban J connectivity index is 1.46. The molecule has 0 aliphatic carbocycles. The third-order valence-electron chi connectivity index (χ3n) is 4.95. The molecular formula is C21H23N4O2+. The van der Waals surface area contributed by atoms with E-state index in [1.54, 1.807) is 4.90 Å². The zero-order valence-electron chi connectivity index (χ0n) is 15.2. The number of hydrogen-bond donors (Lipinski definition) is 2. The highest BCUT2D eigenvalue weighted by Gasteiger charge is 2.17. The van der Waals surface area contributed by atoms with Crippen molar-refractivity contribution in [3.63, 3.8) is 0 Å². The van der Waals surface area contributed by atoms with Crippen LogP contribution in [0.3, 0.4) is 0 Å². The number of ether oxygens (including phenoxy) is 1. The monoisotopic (exact) mass is 363 g/mol. The van der Waals surface area contributed by atoms with E-state index in [4.69, 9.17) is 9.15 Å². The molecule has 0 amide bonds. The molecule has 27 heavy (non-hydrogen) atoms. The van der Waals surface area contributed by atoms with Crippen LogP contribution < -0.4 is 10.2 Å². The van der Waals surface area contributed by atoms with Crippen molar-refractivity contribution in [3.05, 3.63) is 48.2 Å². The van der Waals surface area contributed by atoms with Crippen molar-refractivity contribution in [2.24, 2.45) is 0 Å². The molecule has 0 unspecified atom stereocenters. The highest BCUT2D eigenvalue weighted by molar-refractivity contribution is 5.94. The number of anilines is 1. The molecule has 1 aliphatic heterocycles. The van der Waals surface area contributed by atoms with Gasteiger partial charge < -0.3 is 19.4 Å². The van der Waals surface area contributed by atoms with E-state index in [1.807, 2.05) is 30.3 Å². The van der Waals surface area contributed by atoms with Gasteiger partial charge in [0, 0.05) is 18.5 Å². The summed E-state index contributed by atoms with van der Waals surface area (Å²) >= 11 is 0. The molecule has 6 heteroatoms. The summed E-state index contributed by atoms with van der Waals surface area (Å²) in [5, 5.41) is 14.9. The van der Waals surface area contributed by atoms with Gasteiger partial charge in [-0.2, -0.15) is 10.2 Å². The van der Waals surface area contributed by atoms with Crippen LogP contribution in [0.25, 0.3) is 22.2 Å². The normalized spacial score (nSPS) is 14.9. The first-order chi connectivity index (χ1) is 13.3. The van der Waals surface area contributed by atoms with Gasteiger partial charge in [-0.3, -0.25) is 0 Å². The van der Waals surface area contributed by atoms with Crippen LogP contribution in [0, 0.1) is 11.3 Å². The van der Waals surface area contributed by atoms with E-state index in [0.717, 1.165) is 62.1 Å². The van der Waals surface area contributed by atoms with Crippen LogP contribution in [0.1, 0.15) is 12.1 Å². The van der Waals surface area contributed by atoms with E-state index >= 15 is 0 Å². The first-order valence-electron chi connectivity index (χ1n) is 9.39. The second kappa shape index (κ2) is 8.21. The smallest absolute Gasteiger partial charge is 0.232 e. The molecule has 3 aromatic rings. The fourth-order valence-electron chi connectivity index (χ4n) is 3.49. The molecule has 1 fully saturated rings. The maximum atomic E-state index is 9.42. The maximum Gasteiger partial charge on any atom is 0.232 e. The Morgan fingerprint density at radius 3 is 2.78 bits per heavy atom. The lowest BCUT2D eigenvalue weighted by Gasteiger charge is -2.23. The highest BCUT2D eigenvalue weighted by atomic mass is 16.5. The number of quaternary nitrogens is 1. The van der Waals surface area contributed by atoms with Crippen LogP contribution >= 0.6 is 0 Å². The number of rotatable bonds is 6. The number of hydrogen-bond acceptors (Lipinski definition) is 5. The molecule has 138 valence electrons. The quantitative estimate of drug-likeness (QED) is 0.656. The summed E-state index contributed by atoms with van der Waals surface area (Å²) in [6.45, 7) is 5.66. The van der Waals surface area contributed by atoms with Gasteiger partial charge in [0.25, 0.3) is 0 Å². The third kappa shape index (κ3) is 3.95. The van der Waals surface area contributed by atoms with Gasteiger partial charge in [-0.1, -0.05) is 36.4 Å². The van der Waals surface area contributed by atoms with Gasteiger partial charge in [0.1, 0.15) is 19.2 Å². The molecule has 0 atom stereocenters. The largest absolute Gasteiger partial charge is 0.419 e. The van der Waals surface area contributed by atoms with Crippen molar-refractivity contribution < 1.29 is 14.1 Å². The summed E-state index contributed by atoms with van der Waals surface area (Å²) in [6, 6.07) is 16.2. The third-order valence-corrected chi connectivity index (χ3v) is 4.95. The number of morpholine rings is 1. The fourth-order valence-corrected chi connectivity index (χ4v) is 3.49. The van der Waals surface area contributed by atoms with Crippen LogP contribution in [0.5, 0.6) is 0 Å². The minimum absolute atomic E-state index is 0.302. The van der Waals surface area contributed by atoms with Gasteiger partial charge >= 0.3 is 0 Å². The Hall–Kier alpha value is -2.88. The molecule has 2 heterocycles. The van der Waals surface area contributed by atoms with Gasteiger partial charge in [-0.25, -0.2) is 0 Å². The molecule has 0 bridgehead atoms. The average molecular weight is 363 g/mol. The Kier molecular flexibility index (Phi) is 5.33. The van der Waals surface area contributed by atoms with Crippen molar-refractivity contribution in [1.82, 2.24) is 4.98 Å². The standard InChI is InChI=1S/C21H22N4O2/c22-15-19-21(23-9-4-10-25-11-13-26-14-12-25)27-20(24-19)18-8-3-6-16-5-1-2-7-17(16)18/h1-3,5-8,23H,4,9-14H2/p+1.